The lowest BCUT2D eigenvalue weighted by molar-refractivity contribution is 0.370. The van der Waals surface area contributed by atoms with Crippen LogP contribution in [0, 0.1) is 12.3 Å². The molecule has 0 bridgehead atoms. The van der Waals surface area contributed by atoms with Crippen LogP contribution in [0.25, 0.3) is 5.69 Å². The van der Waals surface area contributed by atoms with Crippen molar-refractivity contribution in [3.8, 4) is 23.8 Å². The monoisotopic (exact) mass is 555 g/mol. The average molecular weight is 557 g/mol. The second-order valence-corrected chi connectivity index (χ2v) is 9.80. The van der Waals surface area contributed by atoms with E-state index in [1.807, 2.05) is 41.5 Å². The Bertz CT molecular complexity index is 1280. The highest BCUT2D eigenvalue weighted by Crippen LogP contribution is 2.33. The number of terminal acetylenes is 1. The normalized spacial score (nSPS) is 10.9. The van der Waals surface area contributed by atoms with E-state index in [0.29, 0.717) is 29.2 Å². The fourth-order valence-corrected chi connectivity index (χ4v) is 3.23. The number of hydrogen-bond donors (Lipinski definition) is 2. The molecule has 13 heteroatoms. The number of aromatic nitrogens is 5. The van der Waals surface area contributed by atoms with Crippen molar-refractivity contribution < 1.29 is 9.15 Å². The summed E-state index contributed by atoms with van der Waals surface area (Å²) in [6.45, 7) is 12.4. The van der Waals surface area contributed by atoms with Crippen LogP contribution >= 0.6 is 34.8 Å². The molecule has 0 amide bonds. The second kappa shape index (κ2) is 12.8. The summed E-state index contributed by atoms with van der Waals surface area (Å²) in [5, 5.41) is 10.9. The van der Waals surface area contributed by atoms with Crippen LogP contribution in [-0.2, 0) is 5.41 Å². The van der Waals surface area contributed by atoms with Gasteiger partial charge in [-0.1, -0.05) is 49.9 Å². The number of nitrogens with zero attached hydrogens (tertiary/aromatic N) is 5. The van der Waals surface area contributed by atoms with Crippen molar-refractivity contribution in [1.29, 1.82) is 0 Å². The molecule has 0 fully saturated rings. The third-order valence-electron chi connectivity index (χ3n) is 4.09. The summed E-state index contributed by atoms with van der Waals surface area (Å²) in [5.41, 5.74) is -0.103. The molecular formula is C23H28Cl3N7O3. The molecule has 0 saturated heterocycles. The van der Waals surface area contributed by atoms with Crippen molar-refractivity contribution in [1.82, 2.24) is 24.7 Å². The highest BCUT2D eigenvalue weighted by Gasteiger charge is 2.24. The highest BCUT2D eigenvalue weighted by atomic mass is 35.5. The van der Waals surface area contributed by atoms with Gasteiger partial charge in [0, 0.05) is 24.1 Å². The van der Waals surface area contributed by atoms with Crippen LogP contribution in [0.5, 0.6) is 5.75 Å². The third kappa shape index (κ3) is 8.29. The molecule has 3 aromatic rings. The number of hydrogen-bond acceptors (Lipinski definition) is 9. The van der Waals surface area contributed by atoms with E-state index in [1.54, 1.807) is 0 Å². The lowest BCUT2D eigenvalue weighted by Gasteiger charge is -2.11. The van der Waals surface area contributed by atoms with Crippen molar-refractivity contribution in [3.05, 3.63) is 43.9 Å². The van der Waals surface area contributed by atoms with E-state index in [2.05, 4.69) is 36.6 Å². The van der Waals surface area contributed by atoms with Gasteiger partial charge in [-0.15, -0.1) is 11.5 Å². The molecule has 0 saturated carbocycles. The van der Waals surface area contributed by atoms with Gasteiger partial charge >= 0.3 is 5.76 Å². The van der Waals surface area contributed by atoms with E-state index < -0.39 is 11.2 Å². The molecule has 0 atom stereocenters. The Balaban J connectivity index is 0.000000281. The standard InChI is InChI=1S/C15H14Cl2N2O3.C8H14ClN5/c1-5-6-21-12-8-11(9(16)7-10(12)17)19-14(20)22-13(18-19)15(2,3)4;1-4-10-7-12-6(9)13-8(14-7)11-5(2)3/h1,7-8H,6H2,2-4H3;5H,4H2,1-3H3,(H2,10,11,12,13,14). The Morgan fingerprint density at radius 2 is 1.81 bits per heavy atom. The van der Waals surface area contributed by atoms with Crippen molar-refractivity contribution in [2.75, 3.05) is 23.8 Å². The maximum absolute atomic E-state index is 12.0. The van der Waals surface area contributed by atoms with E-state index in [4.69, 9.17) is 50.4 Å². The number of ether oxygens (including phenoxy) is 1. The number of benzene rings is 1. The van der Waals surface area contributed by atoms with E-state index >= 15 is 0 Å². The zero-order valence-electron chi connectivity index (χ0n) is 20.8. The zero-order valence-corrected chi connectivity index (χ0v) is 23.1. The van der Waals surface area contributed by atoms with E-state index in [9.17, 15) is 4.79 Å². The predicted molar refractivity (Wildman–Crippen MR) is 143 cm³/mol. The van der Waals surface area contributed by atoms with Gasteiger partial charge in [-0.2, -0.15) is 19.6 Å². The molecule has 0 aliphatic carbocycles. The first kappa shape index (κ1) is 29.2. The smallest absolute Gasteiger partial charge is 0.442 e. The Labute approximate surface area is 224 Å². The molecule has 36 heavy (non-hydrogen) atoms. The Morgan fingerprint density at radius 3 is 2.36 bits per heavy atom. The number of nitrogens with one attached hydrogen (secondary N) is 2. The number of anilines is 2. The van der Waals surface area contributed by atoms with Gasteiger partial charge in [0.15, 0.2) is 0 Å². The van der Waals surface area contributed by atoms with Gasteiger partial charge in [0.25, 0.3) is 0 Å². The second-order valence-electron chi connectivity index (χ2n) is 8.64. The molecule has 194 valence electrons. The molecule has 0 spiro atoms. The predicted octanol–water partition coefficient (Wildman–Crippen LogP) is 5.22. The van der Waals surface area contributed by atoms with Crippen LogP contribution in [0.15, 0.2) is 21.3 Å². The van der Waals surface area contributed by atoms with Crippen molar-refractivity contribution in [3.63, 3.8) is 0 Å². The molecular weight excluding hydrogens is 529 g/mol. The van der Waals surface area contributed by atoms with Gasteiger partial charge in [-0.25, -0.2) is 4.79 Å². The maximum Gasteiger partial charge on any atom is 0.442 e. The van der Waals surface area contributed by atoms with Gasteiger partial charge in [0.1, 0.15) is 12.4 Å². The summed E-state index contributed by atoms with van der Waals surface area (Å²) in [5.74, 6) is 3.30. The molecule has 1 aromatic carbocycles. The van der Waals surface area contributed by atoms with Gasteiger partial charge in [0.2, 0.25) is 23.1 Å². The Morgan fingerprint density at radius 1 is 1.14 bits per heavy atom. The third-order valence-corrected chi connectivity index (χ3v) is 4.86. The molecule has 0 radical (unpaired) electrons. The Kier molecular flexibility index (Phi) is 10.4. The first-order chi connectivity index (χ1) is 16.8. The average Bonchev–Trinajstić information content (AvgIpc) is 3.15. The Hall–Kier alpha value is -3.00. The summed E-state index contributed by atoms with van der Waals surface area (Å²) < 4.78 is 11.6. The van der Waals surface area contributed by atoms with Crippen molar-refractivity contribution in [2.24, 2.45) is 0 Å². The van der Waals surface area contributed by atoms with Gasteiger partial charge in [-0.05, 0) is 38.4 Å². The minimum atomic E-state index is -0.642. The lowest BCUT2D eigenvalue weighted by Crippen LogP contribution is -2.15. The van der Waals surface area contributed by atoms with Crippen LogP contribution in [0.3, 0.4) is 0 Å². The van der Waals surface area contributed by atoms with Crippen molar-refractivity contribution in [2.45, 2.75) is 53.0 Å². The summed E-state index contributed by atoms with van der Waals surface area (Å²) in [4.78, 5) is 24.0. The minimum Gasteiger partial charge on any atom is -0.479 e. The van der Waals surface area contributed by atoms with Gasteiger partial charge in [0.05, 0.1) is 15.7 Å². The topological polar surface area (TPSA) is 120 Å². The van der Waals surface area contributed by atoms with Crippen LogP contribution in [0.1, 0.15) is 47.4 Å². The molecule has 0 aliphatic rings. The lowest BCUT2D eigenvalue weighted by atomic mass is 9.97. The van der Waals surface area contributed by atoms with Crippen LogP contribution in [-0.4, -0.2) is 43.9 Å². The molecule has 10 nitrogen and oxygen atoms in total. The van der Waals surface area contributed by atoms with Gasteiger partial charge in [-0.3, -0.25) is 0 Å². The molecule has 0 unspecified atom stereocenters. The quantitative estimate of drug-likeness (QED) is 0.377. The van der Waals surface area contributed by atoms with E-state index in [0.717, 1.165) is 11.2 Å². The fraction of sp³-hybridized carbons (Fsp3) is 0.435. The van der Waals surface area contributed by atoms with Crippen LogP contribution < -0.4 is 21.1 Å². The minimum absolute atomic E-state index is 0.0434. The van der Waals surface area contributed by atoms with Crippen molar-refractivity contribution >= 4 is 46.7 Å². The summed E-state index contributed by atoms with van der Waals surface area (Å²) in [6.07, 6.45) is 5.15. The van der Waals surface area contributed by atoms with Crippen LogP contribution in [0.2, 0.25) is 15.3 Å². The fourth-order valence-electron chi connectivity index (χ4n) is 2.55. The maximum atomic E-state index is 12.0. The number of halogens is 3. The highest BCUT2D eigenvalue weighted by molar-refractivity contribution is 6.36. The van der Waals surface area contributed by atoms with Crippen LogP contribution in [0.4, 0.5) is 11.9 Å². The zero-order chi connectivity index (χ0) is 27.0. The molecule has 2 aromatic heterocycles. The van der Waals surface area contributed by atoms with E-state index in [1.165, 1.54) is 12.1 Å². The molecule has 3 rings (SSSR count). The summed E-state index contributed by atoms with van der Waals surface area (Å²) in [6, 6.07) is 3.23. The molecule has 0 aliphatic heterocycles. The molecule has 2 heterocycles. The van der Waals surface area contributed by atoms with Gasteiger partial charge < -0.3 is 19.8 Å². The number of rotatable bonds is 7. The summed E-state index contributed by atoms with van der Waals surface area (Å²) in [7, 11) is 0. The first-order valence-corrected chi connectivity index (χ1v) is 12.1. The van der Waals surface area contributed by atoms with E-state index in [-0.39, 0.29) is 28.0 Å². The largest absolute Gasteiger partial charge is 0.479 e. The molecule has 2 N–H and O–H groups in total. The first-order valence-electron chi connectivity index (χ1n) is 10.9. The SMILES string of the molecule is C#CCOc1cc(-n2nc(C(C)(C)C)oc2=O)c(Cl)cc1Cl.CCNc1nc(Cl)nc(NC(C)C)n1. The summed E-state index contributed by atoms with van der Waals surface area (Å²) >= 11 is 17.9.